The molecule has 0 heterocycles. The predicted octanol–water partition coefficient (Wildman–Crippen LogP) is 3.75. The number of halogens is 1. The average Bonchev–Trinajstić information content (AvgIpc) is 2.86. The van der Waals surface area contributed by atoms with Gasteiger partial charge in [0.2, 0.25) is 0 Å². The minimum Gasteiger partial charge on any atom is -0.212 e. The van der Waals surface area contributed by atoms with Crippen LogP contribution in [0.15, 0.2) is 23.6 Å². The molecular formula is C11H15F. The van der Waals surface area contributed by atoms with Crippen LogP contribution in [-0.2, 0) is 0 Å². The van der Waals surface area contributed by atoms with Crippen molar-refractivity contribution in [1.82, 2.24) is 0 Å². The second-order valence-electron chi connectivity index (χ2n) is 3.94. The summed E-state index contributed by atoms with van der Waals surface area (Å²) in [6.45, 7) is 2.24. The summed E-state index contributed by atoms with van der Waals surface area (Å²) in [5.41, 5.74) is 1.99. The minimum absolute atomic E-state index is 0.0469. The fraction of sp³-hybridized carbons (Fsp3) is 0.636. The van der Waals surface area contributed by atoms with Crippen molar-refractivity contribution in [2.75, 3.05) is 0 Å². The van der Waals surface area contributed by atoms with E-state index in [1.165, 1.54) is 24.8 Å². The molecule has 0 unspecified atom stereocenters. The van der Waals surface area contributed by atoms with Crippen molar-refractivity contribution < 1.29 is 4.39 Å². The monoisotopic (exact) mass is 166 g/mol. The molecule has 66 valence electrons. The fourth-order valence-electron chi connectivity index (χ4n) is 2.11. The topological polar surface area (TPSA) is 0 Å². The number of allylic oxidation sites excluding steroid dienone is 4. The molecule has 1 saturated carbocycles. The third-order valence-corrected chi connectivity index (χ3v) is 3.31. The van der Waals surface area contributed by atoms with Gasteiger partial charge in [-0.15, -0.1) is 0 Å². The molecule has 0 aromatic carbocycles. The molecule has 0 bridgehead atoms. The highest BCUT2D eigenvalue weighted by atomic mass is 19.1. The van der Waals surface area contributed by atoms with Crippen LogP contribution in [0.25, 0.3) is 0 Å². The Balaban J connectivity index is 2.15. The first kappa shape index (κ1) is 8.03. The highest BCUT2D eigenvalue weighted by Gasteiger charge is 2.43. The first-order valence-electron chi connectivity index (χ1n) is 4.82. The summed E-state index contributed by atoms with van der Waals surface area (Å²) in [5, 5.41) is 0. The molecule has 1 heteroatoms. The van der Waals surface area contributed by atoms with Crippen molar-refractivity contribution in [2.45, 2.75) is 39.0 Å². The van der Waals surface area contributed by atoms with Gasteiger partial charge in [0.1, 0.15) is 5.83 Å². The quantitative estimate of drug-likeness (QED) is 0.586. The molecule has 0 aromatic heterocycles. The maximum atomic E-state index is 12.7. The van der Waals surface area contributed by atoms with Gasteiger partial charge < -0.3 is 0 Å². The molecule has 0 radical (unpaired) electrons. The van der Waals surface area contributed by atoms with Gasteiger partial charge in [0.05, 0.1) is 0 Å². The lowest BCUT2D eigenvalue weighted by molar-refractivity contribution is 0.520. The van der Waals surface area contributed by atoms with Gasteiger partial charge in [-0.25, -0.2) is 4.39 Å². The molecule has 2 aliphatic carbocycles. The lowest BCUT2D eigenvalue weighted by Crippen LogP contribution is -2.05. The summed E-state index contributed by atoms with van der Waals surface area (Å²) < 4.78 is 12.7. The second kappa shape index (κ2) is 2.72. The zero-order valence-corrected chi connectivity index (χ0v) is 7.57. The maximum absolute atomic E-state index is 12.7. The van der Waals surface area contributed by atoms with Crippen LogP contribution in [0.2, 0.25) is 0 Å². The van der Waals surface area contributed by atoms with E-state index in [1.807, 2.05) is 6.08 Å². The predicted molar refractivity (Wildman–Crippen MR) is 48.5 cm³/mol. The van der Waals surface area contributed by atoms with E-state index in [1.54, 1.807) is 6.08 Å². The highest BCUT2D eigenvalue weighted by molar-refractivity contribution is 5.30. The minimum atomic E-state index is 0.0469. The molecule has 0 atom stereocenters. The highest BCUT2D eigenvalue weighted by Crippen LogP contribution is 2.56. The summed E-state index contributed by atoms with van der Waals surface area (Å²) in [6.07, 6.45) is 9.12. The summed E-state index contributed by atoms with van der Waals surface area (Å²) in [7, 11) is 0. The van der Waals surface area contributed by atoms with Crippen LogP contribution in [0.3, 0.4) is 0 Å². The van der Waals surface area contributed by atoms with Gasteiger partial charge in [-0.05, 0) is 37.2 Å². The molecule has 0 amide bonds. The van der Waals surface area contributed by atoms with E-state index in [2.05, 4.69) is 6.92 Å². The molecule has 0 saturated heterocycles. The Kier molecular flexibility index (Phi) is 1.82. The molecule has 0 spiro atoms. The second-order valence-corrected chi connectivity index (χ2v) is 3.94. The molecule has 0 aliphatic heterocycles. The number of hydrogen-bond acceptors (Lipinski definition) is 0. The Morgan fingerprint density at radius 2 is 2.08 bits per heavy atom. The van der Waals surface area contributed by atoms with Crippen LogP contribution in [0.4, 0.5) is 4.39 Å². The van der Waals surface area contributed by atoms with Gasteiger partial charge in [-0.1, -0.05) is 18.6 Å². The standard InChI is InChI=1S/C11H15F/c1-2-11(7-8-11)9-3-5-10(12)6-4-9/h3,5H,2,4,6-8H2,1H3. The molecule has 1 fully saturated rings. The van der Waals surface area contributed by atoms with E-state index < -0.39 is 0 Å². The lowest BCUT2D eigenvalue weighted by atomic mass is 9.87. The van der Waals surface area contributed by atoms with Crippen molar-refractivity contribution in [3.05, 3.63) is 23.6 Å². The maximum Gasteiger partial charge on any atom is 0.100 e. The molecule has 0 nitrogen and oxygen atoms in total. The van der Waals surface area contributed by atoms with Crippen LogP contribution < -0.4 is 0 Å². The first-order chi connectivity index (χ1) is 5.77. The van der Waals surface area contributed by atoms with E-state index in [0.29, 0.717) is 11.8 Å². The van der Waals surface area contributed by atoms with Crippen LogP contribution >= 0.6 is 0 Å². The SMILES string of the molecule is CCC1(C2=CC=C(F)CC2)CC1. The van der Waals surface area contributed by atoms with Crippen molar-refractivity contribution in [2.24, 2.45) is 5.41 Å². The van der Waals surface area contributed by atoms with Gasteiger partial charge in [0.25, 0.3) is 0 Å². The zero-order chi connectivity index (χ0) is 8.60. The zero-order valence-electron chi connectivity index (χ0n) is 7.57. The van der Waals surface area contributed by atoms with Crippen molar-refractivity contribution in [3.63, 3.8) is 0 Å². The normalized spacial score (nSPS) is 26.2. The Bertz CT molecular complexity index is 244. The fourth-order valence-corrected chi connectivity index (χ4v) is 2.11. The molecular weight excluding hydrogens is 151 g/mol. The van der Waals surface area contributed by atoms with E-state index in [0.717, 1.165) is 6.42 Å². The summed E-state index contributed by atoms with van der Waals surface area (Å²) in [4.78, 5) is 0. The van der Waals surface area contributed by atoms with E-state index in [9.17, 15) is 4.39 Å². The Morgan fingerprint density at radius 3 is 2.50 bits per heavy atom. The van der Waals surface area contributed by atoms with Crippen molar-refractivity contribution in [1.29, 1.82) is 0 Å². The molecule has 12 heavy (non-hydrogen) atoms. The van der Waals surface area contributed by atoms with Gasteiger partial charge in [-0.2, -0.15) is 0 Å². The molecule has 2 aliphatic rings. The van der Waals surface area contributed by atoms with Crippen LogP contribution in [0.5, 0.6) is 0 Å². The average molecular weight is 166 g/mol. The summed E-state index contributed by atoms with van der Waals surface area (Å²) in [6, 6.07) is 0. The summed E-state index contributed by atoms with van der Waals surface area (Å²) in [5.74, 6) is 0.0469. The van der Waals surface area contributed by atoms with Crippen LogP contribution in [0, 0.1) is 5.41 Å². The first-order valence-corrected chi connectivity index (χ1v) is 4.82. The smallest absolute Gasteiger partial charge is 0.100 e. The largest absolute Gasteiger partial charge is 0.212 e. The van der Waals surface area contributed by atoms with Crippen molar-refractivity contribution >= 4 is 0 Å². The Morgan fingerprint density at radius 1 is 1.33 bits per heavy atom. The third kappa shape index (κ3) is 1.21. The van der Waals surface area contributed by atoms with E-state index >= 15 is 0 Å². The number of rotatable bonds is 2. The molecule has 0 aromatic rings. The van der Waals surface area contributed by atoms with Crippen LogP contribution in [0.1, 0.15) is 39.0 Å². The Hall–Kier alpha value is -0.590. The van der Waals surface area contributed by atoms with Crippen LogP contribution in [-0.4, -0.2) is 0 Å². The van der Waals surface area contributed by atoms with Gasteiger partial charge >= 0.3 is 0 Å². The van der Waals surface area contributed by atoms with E-state index in [-0.39, 0.29) is 5.83 Å². The number of hydrogen-bond donors (Lipinski definition) is 0. The summed E-state index contributed by atoms with van der Waals surface area (Å²) >= 11 is 0. The van der Waals surface area contributed by atoms with E-state index in [4.69, 9.17) is 0 Å². The third-order valence-electron chi connectivity index (χ3n) is 3.31. The lowest BCUT2D eigenvalue weighted by Gasteiger charge is -2.19. The van der Waals surface area contributed by atoms with Gasteiger partial charge in [-0.3, -0.25) is 0 Å². The van der Waals surface area contributed by atoms with Gasteiger partial charge in [0, 0.05) is 6.42 Å². The molecule has 0 N–H and O–H groups in total. The Labute approximate surface area is 73.2 Å². The van der Waals surface area contributed by atoms with Gasteiger partial charge in [0.15, 0.2) is 0 Å². The molecule has 2 rings (SSSR count). The van der Waals surface area contributed by atoms with Crippen molar-refractivity contribution in [3.8, 4) is 0 Å².